The van der Waals surface area contributed by atoms with Gasteiger partial charge >= 0.3 is 0 Å². The standard InChI is InChI=1S/C27H29ClN2O2.HI/c1-21(27(24-10-6-3-7-11-24)32-19-22-8-4-2-5-9-22)30-17-16-29(20-30)18-26(31)23-12-14-25(28)15-13-23;/h2-17,21,26-27,31H,18-20H2,1H3;1H. The van der Waals surface area contributed by atoms with E-state index in [2.05, 4.69) is 59.3 Å². The first-order valence-electron chi connectivity index (χ1n) is 10.9. The number of hydrogen-bond donors (Lipinski definition) is 1. The van der Waals surface area contributed by atoms with Crippen LogP contribution in [0.2, 0.25) is 5.02 Å². The Morgan fingerprint density at radius 3 is 2.18 bits per heavy atom. The van der Waals surface area contributed by atoms with E-state index < -0.39 is 6.10 Å². The van der Waals surface area contributed by atoms with Crippen LogP contribution in [0.25, 0.3) is 0 Å². The van der Waals surface area contributed by atoms with Crippen LogP contribution in [0.3, 0.4) is 0 Å². The predicted molar refractivity (Wildman–Crippen MR) is 144 cm³/mol. The molecular weight excluding hydrogens is 547 g/mol. The van der Waals surface area contributed by atoms with E-state index in [4.69, 9.17) is 16.3 Å². The first-order chi connectivity index (χ1) is 15.6. The van der Waals surface area contributed by atoms with Crippen LogP contribution >= 0.6 is 35.6 Å². The Morgan fingerprint density at radius 1 is 0.879 bits per heavy atom. The van der Waals surface area contributed by atoms with Crippen molar-refractivity contribution in [3.8, 4) is 0 Å². The third-order valence-electron chi connectivity index (χ3n) is 5.84. The van der Waals surface area contributed by atoms with E-state index in [-0.39, 0.29) is 36.1 Å². The summed E-state index contributed by atoms with van der Waals surface area (Å²) in [6.45, 7) is 3.96. The summed E-state index contributed by atoms with van der Waals surface area (Å²) >= 11 is 5.96. The molecule has 0 saturated carbocycles. The van der Waals surface area contributed by atoms with Crippen LogP contribution in [-0.4, -0.2) is 34.2 Å². The average molecular weight is 577 g/mol. The van der Waals surface area contributed by atoms with Gasteiger partial charge in [-0.05, 0) is 35.7 Å². The van der Waals surface area contributed by atoms with Crippen molar-refractivity contribution in [3.63, 3.8) is 0 Å². The minimum atomic E-state index is -0.577. The quantitative estimate of drug-likeness (QED) is 0.300. The highest BCUT2D eigenvalue weighted by atomic mass is 127. The molecule has 4 nitrogen and oxygen atoms in total. The van der Waals surface area contributed by atoms with E-state index in [1.807, 2.05) is 54.7 Å². The third-order valence-corrected chi connectivity index (χ3v) is 6.09. The van der Waals surface area contributed by atoms with Crippen molar-refractivity contribution in [2.75, 3.05) is 13.2 Å². The Bertz CT molecular complexity index is 1000. The molecule has 0 aromatic heterocycles. The van der Waals surface area contributed by atoms with Gasteiger partial charge in [0.2, 0.25) is 0 Å². The third kappa shape index (κ3) is 6.96. The number of benzene rings is 3. The minimum Gasteiger partial charge on any atom is -0.387 e. The van der Waals surface area contributed by atoms with Crippen molar-refractivity contribution >= 4 is 35.6 Å². The van der Waals surface area contributed by atoms with Gasteiger partial charge in [-0.15, -0.1) is 24.0 Å². The van der Waals surface area contributed by atoms with Crippen molar-refractivity contribution in [2.45, 2.75) is 31.8 Å². The van der Waals surface area contributed by atoms with E-state index in [0.29, 0.717) is 24.8 Å². The molecule has 1 aliphatic heterocycles. The number of hydrogen-bond acceptors (Lipinski definition) is 4. The topological polar surface area (TPSA) is 35.9 Å². The first-order valence-corrected chi connectivity index (χ1v) is 11.3. The van der Waals surface area contributed by atoms with Gasteiger partial charge in [-0.2, -0.15) is 0 Å². The molecule has 3 aromatic rings. The highest BCUT2D eigenvalue weighted by molar-refractivity contribution is 14.0. The molecule has 0 amide bonds. The van der Waals surface area contributed by atoms with Crippen molar-refractivity contribution < 1.29 is 9.84 Å². The zero-order valence-electron chi connectivity index (χ0n) is 18.6. The van der Waals surface area contributed by atoms with Crippen LogP contribution in [0.15, 0.2) is 97.3 Å². The van der Waals surface area contributed by atoms with E-state index >= 15 is 0 Å². The fourth-order valence-corrected chi connectivity index (χ4v) is 4.10. The molecule has 1 heterocycles. The average Bonchev–Trinajstić information content (AvgIpc) is 3.29. The fourth-order valence-electron chi connectivity index (χ4n) is 3.97. The SMILES string of the molecule is CC(C(OCc1ccccc1)c1ccccc1)N1C=CN(CC(O)c2ccc(Cl)cc2)C1.I. The molecule has 0 bridgehead atoms. The maximum absolute atomic E-state index is 10.6. The lowest BCUT2D eigenvalue weighted by Gasteiger charge is -2.33. The normalized spacial score (nSPS) is 15.7. The van der Waals surface area contributed by atoms with E-state index in [9.17, 15) is 5.11 Å². The Labute approximate surface area is 218 Å². The van der Waals surface area contributed by atoms with Crippen LogP contribution in [0.4, 0.5) is 0 Å². The van der Waals surface area contributed by atoms with Crippen molar-refractivity contribution in [2.24, 2.45) is 0 Å². The Balaban J connectivity index is 0.00000306. The highest BCUT2D eigenvalue weighted by Crippen LogP contribution is 2.29. The van der Waals surface area contributed by atoms with Crippen molar-refractivity contribution in [1.29, 1.82) is 0 Å². The van der Waals surface area contributed by atoms with Crippen LogP contribution in [0.1, 0.15) is 35.8 Å². The molecule has 174 valence electrons. The lowest BCUT2D eigenvalue weighted by molar-refractivity contribution is -0.0136. The maximum atomic E-state index is 10.6. The second-order valence-electron chi connectivity index (χ2n) is 8.16. The monoisotopic (exact) mass is 576 g/mol. The molecule has 0 saturated heterocycles. The van der Waals surface area contributed by atoms with E-state index in [1.54, 1.807) is 0 Å². The number of nitrogens with zero attached hydrogens (tertiary/aromatic N) is 2. The zero-order chi connectivity index (χ0) is 22.3. The van der Waals surface area contributed by atoms with Crippen LogP contribution in [-0.2, 0) is 11.3 Å². The molecule has 3 aromatic carbocycles. The lowest BCUT2D eigenvalue weighted by Crippen LogP contribution is -2.38. The molecule has 3 atom stereocenters. The Hall–Kier alpha value is -2.06. The molecule has 1 N–H and O–H groups in total. The number of β-amino-alcohol motifs (C(OH)–C–C–N with tert-alkyl or cyclic N) is 1. The van der Waals surface area contributed by atoms with Gasteiger partial charge < -0.3 is 19.6 Å². The molecular formula is C27H30ClIN2O2. The molecule has 33 heavy (non-hydrogen) atoms. The number of halogens is 2. The summed E-state index contributed by atoms with van der Waals surface area (Å²) in [5.74, 6) is 0. The Kier molecular flexibility index (Phi) is 9.62. The maximum Gasteiger partial charge on any atom is 0.103 e. The molecule has 6 heteroatoms. The van der Waals surface area contributed by atoms with Gasteiger partial charge in [0.15, 0.2) is 0 Å². The number of aliphatic hydroxyl groups excluding tert-OH is 1. The van der Waals surface area contributed by atoms with Gasteiger partial charge in [0.25, 0.3) is 0 Å². The van der Waals surface area contributed by atoms with Gasteiger partial charge in [-0.25, -0.2) is 0 Å². The van der Waals surface area contributed by atoms with E-state index in [1.165, 1.54) is 0 Å². The number of ether oxygens (including phenoxy) is 1. The molecule has 1 aliphatic rings. The molecule has 0 fully saturated rings. The second kappa shape index (κ2) is 12.4. The number of rotatable bonds is 9. The fraction of sp³-hybridized carbons (Fsp3) is 0.259. The molecule has 0 radical (unpaired) electrons. The van der Waals surface area contributed by atoms with Crippen LogP contribution < -0.4 is 0 Å². The van der Waals surface area contributed by atoms with Crippen molar-refractivity contribution in [3.05, 3.63) is 119 Å². The second-order valence-corrected chi connectivity index (χ2v) is 8.60. The summed E-state index contributed by atoms with van der Waals surface area (Å²) in [5, 5.41) is 11.3. The summed E-state index contributed by atoms with van der Waals surface area (Å²) in [7, 11) is 0. The molecule has 0 aliphatic carbocycles. The summed E-state index contributed by atoms with van der Waals surface area (Å²) in [5.41, 5.74) is 3.18. The highest BCUT2D eigenvalue weighted by Gasteiger charge is 2.28. The predicted octanol–water partition coefficient (Wildman–Crippen LogP) is 6.38. The lowest BCUT2D eigenvalue weighted by atomic mass is 10.0. The van der Waals surface area contributed by atoms with E-state index in [0.717, 1.165) is 16.7 Å². The van der Waals surface area contributed by atoms with Gasteiger partial charge in [-0.1, -0.05) is 84.4 Å². The summed E-state index contributed by atoms with van der Waals surface area (Å²) in [4.78, 5) is 4.38. The first kappa shape index (κ1) is 25.6. The van der Waals surface area contributed by atoms with Gasteiger partial charge in [0.05, 0.1) is 25.4 Å². The minimum absolute atomic E-state index is 0. The summed E-state index contributed by atoms with van der Waals surface area (Å²) in [6, 6.07) is 28.1. The summed E-state index contributed by atoms with van der Waals surface area (Å²) in [6.07, 6.45) is 3.46. The van der Waals surface area contributed by atoms with Crippen LogP contribution in [0, 0.1) is 0 Å². The molecule has 4 rings (SSSR count). The van der Waals surface area contributed by atoms with Gasteiger partial charge in [-0.3, -0.25) is 0 Å². The van der Waals surface area contributed by atoms with Gasteiger partial charge in [0, 0.05) is 24.0 Å². The van der Waals surface area contributed by atoms with Gasteiger partial charge in [0.1, 0.15) is 6.10 Å². The zero-order valence-corrected chi connectivity index (χ0v) is 21.7. The Morgan fingerprint density at radius 2 is 1.52 bits per heavy atom. The van der Waals surface area contributed by atoms with Crippen molar-refractivity contribution in [1.82, 2.24) is 9.80 Å². The molecule has 3 unspecified atom stereocenters. The largest absolute Gasteiger partial charge is 0.387 e. The smallest absolute Gasteiger partial charge is 0.103 e. The molecule has 0 spiro atoms. The number of aliphatic hydroxyl groups is 1. The van der Waals surface area contributed by atoms with Crippen LogP contribution in [0.5, 0.6) is 0 Å². The summed E-state index contributed by atoms with van der Waals surface area (Å²) < 4.78 is 6.43.